The van der Waals surface area contributed by atoms with Crippen LogP contribution in [0.4, 0.5) is 4.39 Å². The minimum absolute atomic E-state index is 0.274. The highest BCUT2D eigenvalue weighted by molar-refractivity contribution is 5.94. The van der Waals surface area contributed by atoms with E-state index in [0.717, 1.165) is 11.4 Å². The molecule has 0 aliphatic heterocycles. The van der Waals surface area contributed by atoms with Gasteiger partial charge in [0, 0.05) is 30.9 Å². The van der Waals surface area contributed by atoms with E-state index in [1.807, 2.05) is 0 Å². The van der Waals surface area contributed by atoms with Crippen molar-refractivity contribution >= 4 is 5.91 Å². The van der Waals surface area contributed by atoms with E-state index in [1.165, 1.54) is 12.1 Å². The molecule has 0 radical (unpaired) electrons. The standard InChI is InChI=1S/C13H14FN3O/c1-9-6-10(8-11(14)7-9)13(18)17-3-2-12-15-4-5-16-12/h4-8H,2-3H2,1H3,(H,15,16)(H,17,18). The number of halogens is 1. The molecule has 0 atom stereocenters. The van der Waals surface area contributed by atoms with E-state index in [9.17, 15) is 9.18 Å². The van der Waals surface area contributed by atoms with E-state index in [1.54, 1.807) is 25.4 Å². The van der Waals surface area contributed by atoms with Crippen molar-refractivity contribution in [3.05, 3.63) is 53.4 Å². The summed E-state index contributed by atoms with van der Waals surface area (Å²) in [5.74, 6) is 0.140. The molecule has 2 aromatic rings. The Morgan fingerprint density at radius 3 is 2.94 bits per heavy atom. The number of hydrogen-bond acceptors (Lipinski definition) is 2. The zero-order valence-electron chi connectivity index (χ0n) is 10.0. The number of aromatic amines is 1. The molecule has 1 amide bonds. The molecule has 1 aromatic heterocycles. The van der Waals surface area contributed by atoms with E-state index in [0.29, 0.717) is 18.5 Å². The Bertz CT molecular complexity index is 517. The first-order valence-corrected chi connectivity index (χ1v) is 5.69. The number of amides is 1. The van der Waals surface area contributed by atoms with Gasteiger partial charge in [-0.3, -0.25) is 4.79 Å². The molecule has 94 valence electrons. The molecule has 2 N–H and O–H groups in total. The highest BCUT2D eigenvalue weighted by Crippen LogP contribution is 2.08. The number of nitrogens with one attached hydrogen (secondary N) is 2. The number of hydrogen-bond donors (Lipinski definition) is 2. The Kier molecular flexibility index (Phi) is 3.72. The van der Waals surface area contributed by atoms with Gasteiger partial charge in [0.25, 0.3) is 5.91 Å². The number of benzene rings is 1. The lowest BCUT2D eigenvalue weighted by Crippen LogP contribution is -2.26. The maximum Gasteiger partial charge on any atom is 0.251 e. The third-order valence-electron chi connectivity index (χ3n) is 2.51. The van der Waals surface area contributed by atoms with Crippen LogP contribution in [0.25, 0.3) is 0 Å². The highest BCUT2D eigenvalue weighted by Gasteiger charge is 2.07. The molecule has 0 aliphatic carbocycles. The SMILES string of the molecule is Cc1cc(F)cc(C(=O)NCCc2ncc[nH]2)c1. The Morgan fingerprint density at radius 1 is 1.44 bits per heavy atom. The maximum absolute atomic E-state index is 13.1. The fourth-order valence-corrected chi connectivity index (χ4v) is 1.70. The lowest BCUT2D eigenvalue weighted by Gasteiger charge is -2.05. The van der Waals surface area contributed by atoms with Crippen molar-refractivity contribution < 1.29 is 9.18 Å². The Morgan fingerprint density at radius 2 is 2.28 bits per heavy atom. The lowest BCUT2D eigenvalue weighted by molar-refractivity contribution is 0.0953. The van der Waals surface area contributed by atoms with Crippen molar-refractivity contribution in [2.45, 2.75) is 13.3 Å². The zero-order chi connectivity index (χ0) is 13.0. The molecular formula is C13H14FN3O. The van der Waals surface area contributed by atoms with Gasteiger partial charge in [-0.05, 0) is 30.7 Å². The van der Waals surface area contributed by atoms with Gasteiger partial charge in [0.2, 0.25) is 0 Å². The molecule has 2 rings (SSSR count). The zero-order valence-corrected chi connectivity index (χ0v) is 10.0. The number of aromatic nitrogens is 2. The topological polar surface area (TPSA) is 57.8 Å². The first kappa shape index (κ1) is 12.3. The molecule has 1 heterocycles. The van der Waals surface area contributed by atoms with Crippen LogP contribution < -0.4 is 5.32 Å². The summed E-state index contributed by atoms with van der Waals surface area (Å²) < 4.78 is 13.1. The summed E-state index contributed by atoms with van der Waals surface area (Å²) in [5, 5.41) is 2.73. The average molecular weight is 247 g/mol. The van der Waals surface area contributed by atoms with Gasteiger partial charge in [0.05, 0.1) is 0 Å². The number of H-pyrrole nitrogens is 1. The second-order valence-electron chi connectivity index (χ2n) is 4.06. The van der Waals surface area contributed by atoms with Crippen LogP contribution in [0, 0.1) is 12.7 Å². The van der Waals surface area contributed by atoms with Crippen molar-refractivity contribution in [3.63, 3.8) is 0 Å². The highest BCUT2D eigenvalue weighted by atomic mass is 19.1. The summed E-state index contributed by atoms with van der Waals surface area (Å²) in [6, 6.07) is 4.28. The second-order valence-corrected chi connectivity index (χ2v) is 4.06. The lowest BCUT2D eigenvalue weighted by atomic mass is 10.1. The number of rotatable bonds is 4. The molecule has 4 nitrogen and oxygen atoms in total. The van der Waals surface area contributed by atoms with Crippen molar-refractivity contribution in [1.82, 2.24) is 15.3 Å². The minimum Gasteiger partial charge on any atom is -0.352 e. The molecule has 5 heteroatoms. The van der Waals surface area contributed by atoms with Gasteiger partial charge < -0.3 is 10.3 Å². The molecule has 0 spiro atoms. The van der Waals surface area contributed by atoms with Crippen LogP contribution in [-0.4, -0.2) is 22.4 Å². The third kappa shape index (κ3) is 3.16. The third-order valence-corrected chi connectivity index (χ3v) is 2.51. The number of carbonyl (C=O) groups is 1. The fourth-order valence-electron chi connectivity index (χ4n) is 1.70. The fraction of sp³-hybridized carbons (Fsp3) is 0.231. The number of nitrogens with zero attached hydrogens (tertiary/aromatic N) is 1. The van der Waals surface area contributed by atoms with Gasteiger partial charge in [-0.25, -0.2) is 9.37 Å². The summed E-state index contributed by atoms with van der Waals surface area (Å²) in [7, 11) is 0. The van der Waals surface area contributed by atoms with Crippen LogP contribution in [0.2, 0.25) is 0 Å². The molecule has 1 aromatic carbocycles. The summed E-state index contributed by atoms with van der Waals surface area (Å²) >= 11 is 0. The van der Waals surface area contributed by atoms with Crippen LogP contribution in [0.3, 0.4) is 0 Å². The van der Waals surface area contributed by atoms with E-state index < -0.39 is 5.82 Å². The molecule has 0 unspecified atom stereocenters. The molecule has 0 aliphatic rings. The van der Waals surface area contributed by atoms with E-state index >= 15 is 0 Å². The molecular weight excluding hydrogens is 233 g/mol. The monoisotopic (exact) mass is 247 g/mol. The van der Waals surface area contributed by atoms with Crippen LogP contribution >= 0.6 is 0 Å². The first-order chi connectivity index (χ1) is 8.65. The van der Waals surface area contributed by atoms with E-state index in [2.05, 4.69) is 15.3 Å². The quantitative estimate of drug-likeness (QED) is 0.866. The van der Waals surface area contributed by atoms with Crippen molar-refractivity contribution in [2.75, 3.05) is 6.54 Å². The molecule has 0 fully saturated rings. The van der Waals surface area contributed by atoms with Crippen LogP contribution in [0.5, 0.6) is 0 Å². The average Bonchev–Trinajstić information content (AvgIpc) is 2.80. The summed E-state index contributed by atoms with van der Waals surface area (Å²) in [6.07, 6.45) is 4.01. The van der Waals surface area contributed by atoms with Crippen molar-refractivity contribution in [3.8, 4) is 0 Å². The van der Waals surface area contributed by atoms with Gasteiger partial charge in [-0.15, -0.1) is 0 Å². The van der Waals surface area contributed by atoms with Gasteiger partial charge in [-0.1, -0.05) is 0 Å². The second kappa shape index (κ2) is 5.44. The van der Waals surface area contributed by atoms with Gasteiger partial charge in [0.15, 0.2) is 0 Å². The van der Waals surface area contributed by atoms with Gasteiger partial charge in [0.1, 0.15) is 11.6 Å². The summed E-state index contributed by atoms with van der Waals surface area (Å²) in [5.41, 5.74) is 1.07. The Balaban J connectivity index is 1.91. The van der Waals surface area contributed by atoms with Crippen LogP contribution in [-0.2, 0) is 6.42 Å². The maximum atomic E-state index is 13.1. The van der Waals surface area contributed by atoms with Gasteiger partial charge in [-0.2, -0.15) is 0 Å². The van der Waals surface area contributed by atoms with E-state index in [4.69, 9.17) is 0 Å². The number of carbonyl (C=O) groups excluding carboxylic acids is 1. The Hall–Kier alpha value is -2.17. The largest absolute Gasteiger partial charge is 0.352 e. The number of aryl methyl sites for hydroxylation is 1. The summed E-state index contributed by atoms with van der Waals surface area (Å²) in [4.78, 5) is 18.8. The molecule has 0 bridgehead atoms. The molecule has 18 heavy (non-hydrogen) atoms. The van der Waals surface area contributed by atoms with E-state index in [-0.39, 0.29) is 5.91 Å². The first-order valence-electron chi connectivity index (χ1n) is 5.69. The van der Waals surface area contributed by atoms with Crippen molar-refractivity contribution in [2.24, 2.45) is 0 Å². The molecule has 0 saturated carbocycles. The Labute approximate surface area is 104 Å². The number of imidazole rings is 1. The normalized spacial score (nSPS) is 10.3. The van der Waals surface area contributed by atoms with Crippen LogP contribution in [0.15, 0.2) is 30.6 Å². The van der Waals surface area contributed by atoms with Crippen LogP contribution in [0.1, 0.15) is 21.7 Å². The summed E-state index contributed by atoms with van der Waals surface area (Å²) in [6.45, 7) is 2.21. The minimum atomic E-state index is -0.397. The predicted molar refractivity (Wildman–Crippen MR) is 65.8 cm³/mol. The van der Waals surface area contributed by atoms with Crippen molar-refractivity contribution in [1.29, 1.82) is 0 Å². The molecule has 0 saturated heterocycles. The predicted octanol–water partition coefficient (Wildman–Crippen LogP) is 1.83. The smallest absolute Gasteiger partial charge is 0.251 e. The van der Waals surface area contributed by atoms with Gasteiger partial charge >= 0.3 is 0 Å².